The fourth-order valence-corrected chi connectivity index (χ4v) is 7.38. The summed E-state index contributed by atoms with van der Waals surface area (Å²) in [6, 6.07) is 49.7. The zero-order valence-electron chi connectivity index (χ0n) is 27.6. The number of para-hydroxylation sites is 3. The van der Waals surface area contributed by atoms with E-state index in [1.165, 1.54) is 38.3 Å². The number of aromatic nitrogens is 2. The summed E-state index contributed by atoms with van der Waals surface area (Å²) < 4.78 is 10.5. The zero-order valence-corrected chi connectivity index (χ0v) is 27.6. The number of carbonyl (C=O) groups excluding carboxylic acids is 1. The second kappa shape index (κ2) is 11.9. The number of hydrogen-bond donors (Lipinski definition) is 0. The number of esters is 1. The smallest absolute Gasteiger partial charge is 0.310 e. The SMILES string of the molecule is CCCC(C)(C)OC(=O)Cc1ccc2c(c1)c1ccccc1n2-c1ccc(-c2ccc(-n3c4ccccc4c4ccccc43)cc2)cc1. The summed E-state index contributed by atoms with van der Waals surface area (Å²) in [5.74, 6) is -0.185. The van der Waals surface area contributed by atoms with Crippen molar-refractivity contribution in [3.05, 3.63) is 145 Å². The highest BCUT2D eigenvalue weighted by molar-refractivity contribution is 6.10. The second-order valence-electron chi connectivity index (χ2n) is 13.3. The lowest BCUT2D eigenvalue weighted by atomic mass is 10.0. The summed E-state index contributed by atoms with van der Waals surface area (Å²) in [6.45, 7) is 6.08. The second-order valence-corrected chi connectivity index (χ2v) is 13.3. The summed E-state index contributed by atoms with van der Waals surface area (Å²) in [5, 5.41) is 4.83. The maximum atomic E-state index is 12.8. The first-order valence-corrected chi connectivity index (χ1v) is 16.8. The lowest BCUT2D eigenvalue weighted by molar-refractivity contribution is -0.156. The molecular formula is C44H38N2O2. The fraction of sp³-hybridized carbons (Fsp3) is 0.159. The van der Waals surface area contributed by atoms with E-state index < -0.39 is 5.60 Å². The monoisotopic (exact) mass is 626 g/mol. The minimum atomic E-state index is -0.452. The molecule has 0 amide bonds. The molecule has 0 spiro atoms. The van der Waals surface area contributed by atoms with Crippen molar-refractivity contribution < 1.29 is 9.53 Å². The first-order valence-electron chi connectivity index (χ1n) is 16.8. The largest absolute Gasteiger partial charge is 0.459 e. The van der Waals surface area contributed by atoms with Gasteiger partial charge in [-0.15, -0.1) is 0 Å². The van der Waals surface area contributed by atoms with Gasteiger partial charge in [-0.2, -0.15) is 0 Å². The number of benzene rings is 6. The average Bonchev–Trinajstić information content (AvgIpc) is 3.61. The highest BCUT2D eigenvalue weighted by Crippen LogP contribution is 2.35. The molecule has 0 bridgehead atoms. The van der Waals surface area contributed by atoms with Crippen LogP contribution in [0.15, 0.2) is 140 Å². The van der Waals surface area contributed by atoms with Gasteiger partial charge >= 0.3 is 5.97 Å². The van der Waals surface area contributed by atoms with Crippen LogP contribution in [0.3, 0.4) is 0 Å². The Hall–Kier alpha value is -5.61. The molecule has 2 heterocycles. The molecule has 0 aliphatic carbocycles. The normalized spacial score (nSPS) is 12.0. The summed E-state index contributed by atoms with van der Waals surface area (Å²) >= 11 is 0. The van der Waals surface area contributed by atoms with Gasteiger partial charge in [-0.25, -0.2) is 0 Å². The molecule has 2 aromatic heterocycles. The molecule has 236 valence electrons. The maximum Gasteiger partial charge on any atom is 0.310 e. The summed E-state index contributed by atoms with van der Waals surface area (Å²) in [4.78, 5) is 12.8. The molecule has 0 aliphatic heterocycles. The predicted molar refractivity (Wildman–Crippen MR) is 199 cm³/mol. The van der Waals surface area contributed by atoms with Gasteiger partial charge in [-0.05, 0) is 91.6 Å². The number of carbonyl (C=O) groups is 1. The van der Waals surface area contributed by atoms with Gasteiger partial charge in [-0.1, -0.05) is 98.3 Å². The van der Waals surface area contributed by atoms with Crippen LogP contribution in [0.1, 0.15) is 39.2 Å². The van der Waals surface area contributed by atoms with E-state index in [9.17, 15) is 4.79 Å². The van der Waals surface area contributed by atoms with Crippen molar-refractivity contribution in [2.75, 3.05) is 0 Å². The highest BCUT2D eigenvalue weighted by atomic mass is 16.6. The number of hydrogen-bond acceptors (Lipinski definition) is 2. The Labute approximate surface area is 280 Å². The van der Waals surface area contributed by atoms with Crippen LogP contribution in [0.25, 0.3) is 66.1 Å². The van der Waals surface area contributed by atoms with E-state index in [0.717, 1.165) is 46.2 Å². The van der Waals surface area contributed by atoms with Crippen molar-refractivity contribution in [2.45, 2.75) is 45.6 Å². The van der Waals surface area contributed by atoms with Gasteiger partial charge in [0.2, 0.25) is 0 Å². The molecule has 4 heteroatoms. The molecule has 48 heavy (non-hydrogen) atoms. The van der Waals surface area contributed by atoms with Crippen LogP contribution in [0.5, 0.6) is 0 Å². The van der Waals surface area contributed by atoms with Crippen molar-refractivity contribution in [3.63, 3.8) is 0 Å². The Bertz CT molecular complexity index is 2390. The summed E-state index contributed by atoms with van der Waals surface area (Å²) in [5.41, 5.74) is 9.77. The molecule has 0 saturated carbocycles. The van der Waals surface area contributed by atoms with Gasteiger partial charge in [0.1, 0.15) is 5.60 Å². The highest BCUT2D eigenvalue weighted by Gasteiger charge is 2.22. The van der Waals surface area contributed by atoms with Crippen LogP contribution in [0.4, 0.5) is 0 Å². The molecule has 0 saturated heterocycles. The summed E-state index contributed by atoms with van der Waals surface area (Å²) in [6.07, 6.45) is 2.08. The van der Waals surface area contributed by atoms with Crippen molar-refractivity contribution >= 4 is 49.6 Å². The first-order chi connectivity index (χ1) is 23.4. The van der Waals surface area contributed by atoms with Crippen molar-refractivity contribution in [3.8, 4) is 22.5 Å². The molecule has 0 aliphatic rings. The van der Waals surface area contributed by atoms with Crippen LogP contribution >= 0.6 is 0 Å². The average molecular weight is 627 g/mol. The lowest BCUT2D eigenvalue weighted by Gasteiger charge is -2.24. The van der Waals surface area contributed by atoms with E-state index in [1.54, 1.807) is 0 Å². The van der Waals surface area contributed by atoms with E-state index in [4.69, 9.17) is 4.74 Å². The Morgan fingerprint density at radius 3 is 1.48 bits per heavy atom. The Balaban J connectivity index is 1.10. The molecular weight excluding hydrogens is 588 g/mol. The van der Waals surface area contributed by atoms with Crippen LogP contribution < -0.4 is 0 Å². The molecule has 4 nitrogen and oxygen atoms in total. The quantitative estimate of drug-likeness (QED) is 0.157. The van der Waals surface area contributed by atoms with Crippen molar-refractivity contribution in [1.82, 2.24) is 9.13 Å². The fourth-order valence-electron chi connectivity index (χ4n) is 7.38. The predicted octanol–water partition coefficient (Wildman–Crippen LogP) is 11.2. The number of nitrogens with zero attached hydrogens (tertiary/aromatic N) is 2. The topological polar surface area (TPSA) is 36.2 Å². The van der Waals surface area contributed by atoms with Crippen LogP contribution in [-0.2, 0) is 16.0 Å². The molecule has 0 fully saturated rings. The molecule has 8 aromatic rings. The molecule has 0 radical (unpaired) electrons. The first kappa shape index (κ1) is 29.8. The lowest BCUT2D eigenvalue weighted by Crippen LogP contribution is -2.28. The third-order valence-electron chi connectivity index (χ3n) is 9.49. The van der Waals surface area contributed by atoms with E-state index in [1.807, 2.05) is 13.8 Å². The van der Waals surface area contributed by atoms with Crippen LogP contribution in [-0.4, -0.2) is 20.7 Å². The van der Waals surface area contributed by atoms with Gasteiger partial charge in [0, 0.05) is 32.9 Å². The van der Waals surface area contributed by atoms with Crippen molar-refractivity contribution in [1.29, 1.82) is 0 Å². The van der Waals surface area contributed by atoms with Gasteiger partial charge in [0.05, 0.1) is 28.5 Å². The van der Waals surface area contributed by atoms with Crippen molar-refractivity contribution in [2.24, 2.45) is 0 Å². The number of ether oxygens (including phenoxy) is 1. The van der Waals surface area contributed by atoms with Gasteiger partial charge in [0.15, 0.2) is 0 Å². The minimum absolute atomic E-state index is 0.185. The Morgan fingerprint density at radius 1 is 0.562 bits per heavy atom. The molecule has 0 N–H and O–H groups in total. The van der Waals surface area contributed by atoms with Gasteiger partial charge < -0.3 is 13.9 Å². The van der Waals surface area contributed by atoms with E-state index in [-0.39, 0.29) is 12.4 Å². The van der Waals surface area contributed by atoms with Crippen LogP contribution in [0.2, 0.25) is 0 Å². The van der Waals surface area contributed by atoms with E-state index in [2.05, 4.69) is 156 Å². The third-order valence-corrected chi connectivity index (χ3v) is 9.49. The van der Waals surface area contributed by atoms with Gasteiger partial charge in [0.25, 0.3) is 0 Å². The van der Waals surface area contributed by atoms with E-state index in [0.29, 0.717) is 0 Å². The minimum Gasteiger partial charge on any atom is -0.459 e. The number of rotatable bonds is 8. The van der Waals surface area contributed by atoms with Crippen LogP contribution in [0, 0.1) is 0 Å². The zero-order chi connectivity index (χ0) is 32.8. The number of fused-ring (bicyclic) bond motifs is 6. The summed E-state index contributed by atoms with van der Waals surface area (Å²) in [7, 11) is 0. The maximum absolute atomic E-state index is 12.8. The van der Waals surface area contributed by atoms with E-state index >= 15 is 0 Å². The molecule has 0 atom stereocenters. The standard InChI is InChI=1S/C44H38N2O2/c1-4-27-44(2,3)48-43(47)29-30-17-26-42-38(28-30)37-13-7-10-16-41(37)46(42)34-24-20-32(21-25-34)31-18-22-33(23-19-31)45-39-14-8-5-11-35(39)36-12-6-9-15-40(36)45/h5-26,28H,4,27,29H2,1-3H3. The molecule has 8 rings (SSSR count). The molecule has 0 unspecified atom stereocenters. The van der Waals surface area contributed by atoms with Gasteiger partial charge in [-0.3, -0.25) is 4.79 Å². The Morgan fingerprint density at radius 2 is 1.00 bits per heavy atom. The molecule has 6 aromatic carbocycles. The third kappa shape index (κ3) is 5.24. The Kier molecular flexibility index (Phi) is 7.37.